The van der Waals surface area contributed by atoms with Crippen molar-refractivity contribution in [2.24, 2.45) is 0 Å². The van der Waals surface area contributed by atoms with Gasteiger partial charge in [0.15, 0.2) is 0 Å². The smallest absolute Gasteiger partial charge is 0.234 e. The second-order valence-electron chi connectivity index (χ2n) is 5.54. The first-order valence-electron chi connectivity index (χ1n) is 7.88. The van der Waals surface area contributed by atoms with Crippen LogP contribution in [0.1, 0.15) is 34.3 Å². The van der Waals surface area contributed by atoms with Crippen LogP contribution in [0.2, 0.25) is 0 Å². The van der Waals surface area contributed by atoms with Gasteiger partial charge in [-0.2, -0.15) is 0 Å². The molecule has 2 N–H and O–H groups in total. The molecule has 0 aliphatic heterocycles. The quantitative estimate of drug-likeness (QED) is 0.660. The van der Waals surface area contributed by atoms with Gasteiger partial charge in [-0.15, -0.1) is 22.7 Å². The van der Waals surface area contributed by atoms with E-state index in [0.717, 1.165) is 0 Å². The van der Waals surface area contributed by atoms with Crippen LogP contribution in [0.4, 0.5) is 0 Å². The molecule has 0 bridgehead atoms. The largest absolute Gasteiger partial charge is 0.348 e. The van der Waals surface area contributed by atoms with Crippen molar-refractivity contribution in [2.45, 2.75) is 19.0 Å². The van der Waals surface area contributed by atoms with Crippen molar-refractivity contribution >= 4 is 28.6 Å². The van der Waals surface area contributed by atoms with Crippen molar-refractivity contribution in [3.63, 3.8) is 0 Å². The summed E-state index contributed by atoms with van der Waals surface area (Å²) in [6.07, 6.45) is 0. The van der Waals surface area contributed by atoms with Crippen molar-refractivity contribution in [1.82, 2.24) is 10.6 Å². The first-order valence-corrected chi connectivity index (χ1v) is 9.64. The lowest BCUT2D eigenvalue weighted by atomic mass is 10.1. The number of hydrogen-bond acceptors (Lipinski definition) is 4. The van der Waals surface area contributed by atoms with Gasteiger partial charge in [-0.05, 0) is 35.4 Å². The Morgan fingerprint density at radius 3 is 2.25 bits per heavy atom. The van der Waals surface area contributed by atoms with E-state index in [0.29, 0.717) is 0 Å². The molecule has 2 atom stereocenters. The summed E-state index contributed by atoms with van der Waals surface area (Å²) in [5, 5.41) is 10.5. The number of benzene rings is 1. The molecule has 3 nitrogen and oxygen atoms in total. The summed E-state index contributed by atoms with van der Waals surface area (Å²) in [6, 6.07) is 18.5. The molecule has 3 aromatic rings. The van der Waals surface area contributed by atoms with E-state index >= 15 is 0 Å². The van der Waals surface area contributed by atoms with Crippen LogP contribution >= 0.6 is 22.7 Å². The highest BCUT2D eigenvalue weighted by Crippen LogP contribution is 2.25. The van der Waals surface area contributed by atoms with Crippen LogP contribution in [-0.4, -0.2) is 12.5 Å². The van der Waals surface area contributed by atoms with Crippen LogP contribution in [0.25, 0.3) is 0 Å². The van der Waals surface area contributed by atoms with Crippen molar-refractivity contribution < 1.29 is 4.79 Å². The minimum atomic E-state index is 0.00777. The lowest BCUT2D eigenvalue weighted by Gasteiger charge is -2.19. The summed E-state index contributed by atoms with van der Waals surface area (Å²) in [4.78, 5) is 14.7. The van der Waals surface area contributed by atoms with Gasteiger partial charge in [-0.25, -0.2) is 0 Å². The number of hydrogen-bond donors (Lipinski definition) is 2. The molecular formula is C19H20N2OS2. The van der Waals surface area contributed by atoms with Crippen LogP contribution in [0, 0.1) is 0 Å². The Bertz CT molecular complexity index is 739. The Kier molecular flexibility index (Phi) is 5.80. The molecule has 1 aromatic carbocycles. The highest BCUT2D eigenvalue weighted by atomic mass is 32.1. The fourth-order valence-corrected chi connectivity index (χ4v) is 4.14. The lowest BCUT2D eigenvalue weighted by molar-refractivity contribution is -0.120. The third-order valence-electron chi connectivity index (χ3n) is 3.77. The number of carbonyl (C=O) groups excluding carboxylic acids is 1. The molecule has 0 fully saturated rings. The number of amides is 1. The summed E-state index contributed by atoms with van der Waals surface area (Å²) in [7, 11) is 0. The standard InChI is InChI=1S/C19H20N2OS2/c1-14(16-9-5-11-23-16)21-18(22)13-20-19(17-10-6-12-24-17)15-7-3-2-4-8-15/h2-12,14,19-20H,13H2,1H3,(H,21,22)/t14-,19-/m1/s1. The maximum absolute atomic E-state index is 12.3. The molecule has 24 heavy (non-hydrogen) atoms. The Labute approximate surface area is 150 Å². The summed E-state index contributed by atoms with van der Waals surface area (Å²) >= 11 is 3.36. The van der Waals surface area contributed by atoms with Gasteiger partial charge in [-0.3, -0.25) is 10.1 Å². The molecule has 5 heteroatoms. The predicted molar refractivity (Wildman–Crippen MR) is 101 cm³/mol. The molecule has 3 rings (SSSR count). The SMILES string of the molecule is C[C@@H](NC(=O)CN[C@H](c1ccccc1)c1cccs1)c1cccs1. The number of nitrogens with one attached hydrogen (secondary N) is 2. The topological polar surface area (TPSA) is 41.1 Å². The second kappa shape index (κ2) is 8.24. The van der Waals surface area contributed by atoms with E-state index in [4.69, 9.17) is 0 Å². The first kappa shape index (κ1) is 16.9. The Balaban J connectivity index is 1.62. The summed E-state index contributed by atoms with van der Waals surface area (Å²) in [6.45, 7) is 2.30. The van der Waals surface area contributed by atoms with E-state index < -0.39 is 0 Å². The van der Waals surface area contributed by atoms with Gasteiger partial charge in [0.25, 0.3) is 0 Å². The average Bonchev–Trinajstić information content (AvgIpc) is 3.30. The lowest BCUT2D eigenvalue weighted by Crippen LogP contribution is -2.37. The van der Waals surface area contributed by atoms with E-state index in [9.17, 15) is 4.79 Å². The van der Waals surface area contributed by atoms with Gasteiger partial charge < -0.3 is 5.32 Å². The molecule has 2 heterocycles. The Morgan fingerprint density at radius 1 is 0.958 bits per heavy atom. The monoisotopic (exact) mass is 356 g/mol. The van der Waals surface area contributed by atoms with Crippen LogP contribution in [0.5, 0.6) is 0 Å². The zero-order valence-electron chi connectivity index (χ0n) is 13.4. The maximum Gasteiger partial charge on any atom is 0.234 e. The minimum absolute atomic E-state index is 0.00777. The van der Waals surface area contributed by atoms with Gasteiger partial charge in [0.05, 0.1) is 18.6 Å². The summed E-state index contributed by atoms with van der Waals surface area (Å²) in [5.41, 5.74) is 1.17. The van der Waals surface area contributed by atoms with E-state index in [-0.39, 0.29) is 24.5 Å². The highest BCUT2D eigenvalue weighted by Gasteiger charge is 2.17. The van der Waals surface area contributed by atoms with Gasteiger partial charge >= 0.3 is 0 Å². The minimum Gasteiger partial charge on any atom is -0.348 e. The molecular weight excluding hydrogens is 336 g/mol. The van der Waals surface area contributed by atoms with Crippen molar-refractivity contribution in [2.75, 3.05) is 6.54 Å². The van der Waals surface area contributed by atoms with Crippen LogP contribution in [0.3, 0.4) is 0 Å². The van der Waals surface area contributed by atoms with E-state index in [1.54, 1.807) is 22.7 Å². The average molecular weight is 357 g/mol. The zero-order valence-corrected chi connectivity index (χ0v) is 15.1. The molecule has 0 aliphatic rings. The summed E-state index contributed by atoms with van der Waals surface area (Å²) < 4.78 is 0. The van der Waals surface area contributed by atoms with Gasteiger partial charge in [0.2, 0.25) is 5.91 Å². The van der Waals surface area contributed by atoms with E-state index in [2.05, 4.69) is 34.2 Å². The molecule has 1 amide bonds. The van der Waals surface area contributed by atoms with Gasteiger partial charge in [0, 0.05) is 9.75 Å². The number of carbonyl (C=O) groups is 1. The third-order valence-corrected chi connectivity index (χ3v) is 5.77. The Hall–Kier alpha value is -1.95. The van der Waals surface area contributed by atoms with E-state index in [1.165, 1.54) is 15.3 Å². The molecule has 0 unspecified atom stereocenters. The molecule has 0 saturated carbocycles. The molecule has 0 aliphatic carbocycles. The molecule has 0 radical (unpaired) electrons. The van der Waals surface area contributed by atoms with Crippen LogP contribution < -0.4 is 10.6 Å². The van der Waals surface area contributed by atoms with E-state index in [1.807, 2.05) is 48.7 Å². The van der Waals surface area contributed by atoms with Crippen LogP contribution in [0.15, 0.2) is 65.4 Å². The van der Waals surface area contributed by atoms with Gasteiger partial charge in [-0.1, -0.05) is 42.5 Å². The van der Waals surface area contributed by atoms with Crippen molar-refractivity contribution in [3.8, 4) is 0 Å². The number of thiophene rings is 2. The molecule has 0 saturated heterocycles. The zero-order chi connectivity index (χ0) is 16.8. The number of rotatable bonds is 7. The fourth-order valence-electron chi connectivity index (χ4n) is 2.58. The third kappa shape index (κ3) is 4.32. The maximum atomic E-state index is 12.3. The van der Waals surface area contributed by atoms with Gasteiger partial charge in [0.1, 0.15) is 0 Å². The highest BCUT2D eigenvalue weighted by molar-refractivity contribution is 7.10. The second-order valence-corrected chi connectivity index (χ2v) is 7.50. The van der Waals surface area contributed by atoms with Crippen LogP contribution in [-0.2, 0) is 4.79 Å². The molecule has 2 aromatic heterocycles. The fraction of sp³-hybridized carbons (Fsp3) is 0.211. The molecule has 0 spiro atoms. The molecule has 124 valence electrons. The van der Waals surface area contributed by atoms with Crippen molar-refractivity contribution in [1.29, 1.82) is 0 Å². The summed E-state index contributed by atoms with van der Waals surface area (Å²) in [5.74, 6) is 0.00777. The normalized spacial score (nSPS) is 13.4. The first-order chi connectivity index (χ1) is 11.7. The van der Waals surface area contributed by atoms with Crippen molar-refractivity contribution in [3.05, 3.63) is 80.7 Å². The Morgan fingerprint density at radius 2 is 1.62 bits per heavy atom. The predicted octanol–water partition coefficient (Wildman–Crippen LogP) is 4.37.